The van der Waals surface area contributed by atoms with Crippen molar-refractivity contribution in [2.45, 2.75) is 13.0 Å². The Bertz CT molecular complexity index is 755. The normalized spacial score (nSPS) is 15.3. The van der Waals surface area contributed by atoms with Gasteiger partial charge in [0.15, 0.2) is 0 Å². The van der Waals surface area contributed by atoms with Crippen LogP contribution in [-0.4, -0.2) is 16.9 Å². The summed E-state index contributed by atoms with van der Waals surface area (Å²) in [7, 11) is 0. The summed E-state index contributed by atoms with van der Waals surface area (Å²) in [6.45, 7) is 1.60. The van der Waals surface area contributed by atoms with E-state index in [2.05, 4.69) is 15.9 Å². The maximum atomic E-state index is 12.5. The molecule has 1 N–H and O–H groups in total. The Morgan fingerprint density at radius 1 is 1.05 bits per heavy atom. The molecule has 1 atom stereocenters. The van der Waals surface area contributed by atoms with Crippen LogP contribution in [0.25, 0.3) is 0 Å². The Hall–Kier alpha value is -1.98. The van der Waals surface area contributed by atoms with Crippen LogP contribution >= 0.6 is 15.9 Å². The number of fused-ring (bicyclic) bond motifs is 1. The molecule has 1 aliphatic heterocycles. The topological polar surface area (TPSA) is 57.6 Å². The minimum atomic E-state index is -0.766. The van der Waals surface area contributed by atoms with Gasteiger partial charge in [-0.25, -0.2) is 4.90 Å². The molecule has 21 heavy (non-hydrogen) atoms. The highest BCUT2D eigenvalue weighted by Crippen LogP contribution is 2.34. The summed E-state index contributed by atoms with van der Waals surface area (Å²) < 4.78 is 0.744. The Labute approximate surface area is 130 Å². The van der Waals surface area contributed by atoms with E-state index in [0.29, 0.717) is 22.4 Å². The molecule has 5 heteroatoms. The largest absolute Gasteiger partial charge is 0.389 e. The van der Waals surface area contributed by atoms with Crippen molar-refractivity contribution < 1.29 is 14.7 Å². The van der Waals surface area contributed by atoms with Gasteiger partial charge in [0, 0.05) is 10.0 Å². The van der Waals surface area contributed by atoms with E-state index in [1.54, 1.807) is 49.4 Å². The molecule has 4 nitrogen and oxygen atoms in total. The van der Waals surface area contributed by atoms with E-state index < -0.39 is 6.10 Å². The summed E-state index contributed by atoms with van der Waals surface area (Å²) in [5.41, 5.74) is 1.72. The molecule has 0 aliphatic carbocycles. The number of benzene rings is 2. The lowest BCUT2D eigenvalue weighted by atomic mass is 10.1. The molecular formula is C16H12BrNO3. The van der Waals surface area contributed by atoms with E-state index in [4.69, 9.17) is 0 Å². The van der Waals surface area contributed by atoms with Crippen molar-refractivity contribution in [3.8, 4) is 0 Å². The molecule has 0 spiro atoms. The number of aliphatic hydroxyl groups is 1. The van der Waals surface area contributed by atoms with Crippen LogP contribution in [0.15, 0.2) is 46.9 Å². The van der Waals surface area contributed by atoms with Gasteiger partial charge < -0.3 is 5.11 Å². The van der Waals surface area contributed by atoms with Crippen LogP contribution < -0.4 is 4.90 Å². The Balaban J connectivity index is 2.15. The zero-order valence-electron chi connectivity index (χ0n) is 11.2. The molecular weight excluding hydrogens is 334 g/mol. The number of nitrogens with zero attached hydrogens (tertiary/aromatic N) is 1. The standard InChI is InChI=1S/C16H12BrNO3/c1-9(19)11-4-2-3-5-14(11)18-15(20)12-7-6-10(17)8-13(12)16(18)21/h2-9,19H,1H3. The summed E-state index contributed by atoms with van der Waals surface area (Å²) >= 11 is 3.30. The average molecular weight is 346 g/mol. The number of imide groups is 1. The van der Waals surface area contributed by atoms with Crippen molar-refractivity contribution in [1.82, 2.24) is 0 Å². The number of amides is 2. The Kier molecular flexibility index (Phi) is 3.39. The summed E-state index contributed by atoms with van der Waals surface area (Å²) in [4.78, 5) is 26.2. The van der Waals surface area contributed by atoms with Gasteiger partial charge in [-0.3, -0.25) is 9.59 Å². The molecule has 0 bridgehead atoms. The molecule has 0 saturated heterocycles. The van der Waals surface area contributed by atoms with Crippen molar-refractivity contribution in [1.29, 1.82) is 0 Å². The maximum Gasteiger partial charge on any atom is 0.266 e. The van der Waals surface area contributed by atoms with Gasteiger partial charge in [-0.2, -0.15) is 0 Å². The molecule has 1 unspecified atom stereocenters. The van der Waals surface area contributed by atoms with Gasteiger partial charge >= 0.3 is 0 Å². The van der Waals surface area contributed by atoms with Crippen LogP contribution in [0, 0.1) is 0 Å². The fourth-order valence-corrected chi connectivity index (χ4v) is 2.84. The minimum Gasteiger partial charge on any atom is -0.389 e. The third-order valence-corrected chi connectivity index (χ3v) is 3.97. The monoisotopic (exact) mass is 345 g/mol. The number of carbonyl (C=O) groups is 2. The first-order valence-corrected chi connectivity index (χ1v) is 7.25. The molecule has 0 fully saturated rings. The molecule has 0 aromatic heterocycles. The third-order valence-electron chi connectivity index (χ3n) is 3.48. The molecule has 2 aromatic rings. The van der Waals surface area contributed by atoms with Crippen LogP contribution in [0.2, 0.25) is 0 Å². The average Bonchev–Trinajstić information content (AvgIpc) is 2.70. The zero-order valence-corrected chi connectivity index (χ0v) is 12.8. The second-order valence-corrected chi connectivity index (χ2v) is 5.79. The van der Waals surface area contributed by atoms with Crippen LogP contribution in [-0.2, 0) is 0 Å². The fraction of sp³-hybridized carbons (Fsp3) is 0.125. The predicted molar refractivity (Wildman–Crippen MR) is 82.4 cm³/mol. The van der Waals surface area contributed by atoms with Gasteiger partial charge in [0.05, 0.1) is 22.9 Å². The molecule has 106 valence electrons. The number of rotatable bonds is 2. The summed E-state index contributed by atoms with van der Waals surface area (Å²) in [5, 5.41) is 9.84. The quantitative estimate of drug-likeness (QED) is 0.849. The number of aliphatic hydroxyl groups excluding tert-OH is 1. The molecule has 1 heterocycles. The second kappa shape index (κ2) is 5.09. The smallest absolute Gasteiger partial charge is 0.266 e. The first-order chi connectivity index (χ1) is 10.0. The third kappa shape index (κ3) is 2.18. The van der Waals surface area contributed by atoms with Crippen molar-refractivity contribution in [2.75, 3.05) is 4.90 Å². The highest BCUT2D eigenvalue weighted by atomic mass is 79.9. The van der Waals surface area contributed by atoms with E-state index in [0.717, 1.165) is 9.37 Å². The summed E-state index contributed by atoms with van der Waals surface area (Å²) in [6.07, 6.45) is -0.766. The van der Waals surface area contributed by atoms with Gasteiger partial charge in [-0.05, 0) is 31.2 Å². The minimum absolute atomic E-state index is 0.365. The summed E-state index contributed by atoms with van der Waals surface area (Å²) in [5.74, 6) is -0.736. The molecule has 0 saturated carbocycles. The predicted octanol–water partition coefficient (Wildman–Crippen LogP) is 3.30. The van der Waals surface area contributed by atoms with E-state index in [-0.39, 0.29) is 11.8 Å². The lowest BCUT2D eigenvalue weighted by molar-refractivity contribution is 0.0925. The highest BCUT2D eigenvalue weighted by molar-refractivity contribution is 9.10. The first-order valence-electron chi connectivity index (χ1n) is 6.46. The lowest BCUT2D eigenvalue weighted by Crippen LogP contribution is -2.30. The molecule has 3 rings (SSSR count). The molecule has 2 aromatic carbocycles. The number of anilines is 1. The lowest BCUT2D eigenvalue weighted by Gasteiger charge is -2.19. The fourth-order valence-electron chi connectivity index (χ4n) is 2.48. The van der Waals surface area contributed by atoms with Crippen LogP contribution in [0.3, 0.4) is 0 Å². The van der Waals surface area contributed by atoms with Crippen molar-refractivity contribution in [3.05, 3.63) is 63.6 Å². The van der Waals surface area contributed by atoms with Crippen LogP contribution in [0.4, 0.5) is 5.69 Å². The molecule has 0 radical (unpaired) electrons. The van der Waals surface area contributed by atoms with Gasteiger partial charge in [0.2, 0.25) is 0 Å². The zero-order chi connectivity index (χ0) is 15.1. The van der Waals surface area contributed by atoms with Gasteiger partial charge in [-0.1, -0.05) is 34.1 Å². The Morgan fingerprint density at radius 2 is 1.71 bits per heavy atom. The van der Waals surface area contributed by atoms with Crippen LogP contribution in [0.1, 0.15) is 39.3 Å². The van der Waals surface area contributed by atoms with Crippen molar-refractivity contribution >= 4 is 33.4 Å². The van der Waals surface area contributed by atoms with Gasteiger partial charge in [-0.15, -0.1) is 0 Å². The summed E-state index contributed by atoms with van der Waals surface area (Å²) in [6, 6.07) is 11.9. The number of halogens is 1. The van der Waals surface area contributed by atoms with E-state index in [9.17, 15) is 14.7 Å². The van der Waals surface area contributed by atoms with E-state index in [1.165, 1.54) is 0 Å². The SMILES string of the molecule is CC(O)c1ccccc1N1C(=O)c2ccc(Br)cc2C1=O. The number of hydrogen-bond acceptors (Lipinski definition) is 3. The van der Waals surface area contributed by atoms with Crippen molar-refractivity contribution in [2.24, 2.45) is 0 Å². The highest BCUT2D eigenvalue weighted by Gasteiger charge is 2.37. The first kappa shape index (κ1) is 14.0. The molecule has 2 amide bonds. The van der Waals surface area contributed by atoms with E-state index >= 15 is 0 Å². The van der Waals surface area contributed by atoms with Crippen LogP contribution in [0.5, 0.6) is 0 Å². The number of para-hydroxylation sites is 1. The molecule has 1 aliphatic rings. The van der Waals surface area contributed by atoms with Crippen molar-refractivity contribution in [3.63, 3.8) is 0 Å². The van der Waals surface area contributed by atoms with Gasteiger partial charge in [0.1, 0.15) is 0 Å². The number of carbonyl (C=O) groups excluding carboxylic acids is 2. The van der Waals surface area contributed by atoms with Gasteiger partial charge in [0.25, 0.3) is 11.8 Å². The van der Waals surface area contributed by atoms with E-state index in [1.807, 2.05) is 0 Å². The second-order valence-electron chi connectivity index (χ2n) is 4.87. The number of hydrogen-bond donors (Lipinski definition) is 1. The Morgan fingerprint density at radius 3 is 2.43 bits per heavy atom. The maximum absolute atomic E-state index is 12.5.